The minimum Gasteiger partial charge on any atom is -0.256 e. The van der Waals surface area contributed by atoms with Crippen LogP contribution in [0.5, 0.6) is 0 Å². The molecule has 0 atom stereocenters. The number of hydrogen-bond acceptors (Lipinski definition) is 1. The third-order valence-corrected chi connectivity index (χ3v) is 4.25. The first kappa shape index (κ1) is 10.2. The molecule has 1 heterocycles. The molecule has 1 heteroatoms. The zero-order valence-corrected chi connectivity index (χ0v) is 10.8. The molecular weight excluding hydrogens is 242 g/mol. The van der Waals surface area contributed by atoms with Gasteiger partial charge in [0.2, 0.25) is 0 Å². The van der Waals surface area contributed by atoms with Crippen molar-refractivity contribution in [2.75, 3.05) is 0 Å². The second-order valence-electron chi connectivity index (χ2n) is 5.27. The summed E-state index contributed by atoms with van der Waals surface area (Å²) in [6.45, 7) is 0. The van der Waals surface area contributed by atoms with Crippen LogP contribution in [0.25, 0.3) is 43.6 Å². The molecule has 0 unspecified atom stereocenters. The molecule has 0 N–H and O–H groups in total. The molecule has 0 radical (unpaired) electrons. The summed E-state index contributed by atoms with van der Waals surface area (Å²) < 4.78 is 0. The Morgan fingerprint density at radius 1 is 0.600 bits per heavy atom. The van der Waals surface area contributed by atoms with E-state index >= 15 is 0 Å². The minimum atomic E-state index is 1.08. The third-order valence-electron chi connectivity index (χ3n) is 4.25. The van der Waals surface area contributed by atoms with E-state index in [1.165, 1.54) is 38.1 Å². The van der Waals surface area contributed by atoms with E-state index in [1.54, 1.807) is 0 Å². The molecule has 5 rings (SSSR count). The van der Waals surface area contributed by atoms with Crippen LogP contribution >= 0.6 is 0 Å². The van der Waals surface area contributed by atoms with Gasteiger partial charge in [0.15, 0.2) is 0 Å². The molecule has 0 saturated heterocycles. The lowest BCUT2D eigenvalue weighted by atomic mass is 9.94. The first-order valence-electron chi connectivity index (χ1n) is 6.84. The smallest absolute Gasteiger partial charge is 0.0714 e. The fourth-order valence-electron chi connectivity index (χ4n) is 3.43. The number of aromatic nitrogens is 1. The standard InChI is InChI=1S/C19H11N/c1-2-5-13-14-6-3-7-17-19(14)16(10-11-20-17)15-9-8-12(4-1)18(13)15/h1-11H. The summed E-state index contributed by atoms with van der Waals surface area (Å²) in [4.78, 5) is 4.52. The van der Waals surface area contributed by atoms with Crippen molar-refractivity contribution < 1.29 is 0 Å². The monoisotopic (exact) mass is 253 g/mol. The summed E-state index contributed by atoms with van der Waals surface area (Å²) in [6.07, 6.45) is 1.91. The van der Waals surface area contributed by atoms with Crippen LogP contribution in [0.1, 0.15) is 0 Å². The zero-order chi connectivity index (χ0) is 13.1. The van der Waals surface area contributed by atoms with Gasteiger partial charge in [-0.2, -0.15) is 0 Å². The number of fused-ring (bicyclic) bond motifs is 2. The predicted molar refractivity (Wildman–Crippen MR) is 84.6 cm³/mol. The van der Waals surface area contributed by atoms with E-state index in [2.05, 4.69) is 65.6 Å². The molecule has 0 spiro atoms. The van der Waals surface area contributed by atoms with Crippen molar-refractivity contribution in [3.63, 3.8) is 0 Å². The summed E-state index contributed by atoms with van der Waals surface area (Å²) in [7, 11) is 0. The molecule has 3 aromatic rings. The maximum Gasteiger partial charge on any atom is 0.0714 e. The summed E-state index contributed by atoms with van der Waals surface area (Å²) in [6, 6.07) is 21.6. The van der Waals surface area contributed by atoms with Gasteiger partial charge in [-0.25, -0.2) is 0 Å². The highest BCUT2D eigenvalue weighted by Crippen LogP contribution is 2.42. The molecule has 2 aromatic carbocycles. The van der Waals surface area contributed by atoms with Gasteiger partial charge in [0, 0.05) is 11.6 Å². The van der Waals surface area contributed by atoms with E-state index in [9.17, 15) is 0 Å². The van der Waals surface area contributed by atoms with Crippen molar-refractivity contribution >= 4 is 32.4 Å². The minimum absolute atomic E-state index is 1.08. The van der Waals surface area contributed by atoms with E-state index in [-0.39, 0.29) is 0 Å². The number of rotatable bonds is 0. The molecule has 0 aliphatic heterocycles. The molecule has 0 bridgehead atoms. The fraction of sp³-hybridized carbons (Fsp3) is 0. The third kappa shape index (κ3) is 1.11. The lowest BCUT2D eigenvalue weighted by molar-refractivity contribution is 1.43. The van der Waals surface area contributed by atoms with Crippen LogP contribution in [-0.2, 0) is 0 Å². The number of benzene rings is 2. The van der Waals surface area contributed by atoms with Crippen LogP contribution in [0.2, 0.25) is 0 Å². The zero-order valence-electron chi connectivity index (χ0n) is 10.8. The van der Waals surface area contributed by atoms with Crippen LogP contribution < -0.4 is 0 Å². The Morgan fingerprint density at radius 3 is 2.40 bits per heavy atom. The Kier molecular flexibility index (Phi) is 1.75. The van der Waals surface area contributed by atoms with Crippen LogP contribution in [-0.4, -0.2) is 4.98 Å². The van der Waals surface area contributed by atoms with Gasteiger partial charge in [-0.1, -0.05) is 48.5 Å². The molecule has 2 aliphatic rings. The molecule has 0 amide bonds. The molecule has 0 fully saturated rings. The van der Waals surface area contributed by atoms with Gasteiger partial charge in [-0.15, -0.1) is 0 Å². The molecule has 1 nitrogen and oxygen atoms in total. The summed E-state index contributed by atoms with van der Waals surface area (Å²) >= 11 is 0. The van der Waals surface area contributed by atoms with Crippen molar-refractivity contribution in [2.45, 2.75) is 0 Å². The summed E-state index contributed by atoms with van der Waals surface area (Å²) in [5.74, 6) is 0. The first-order valence-corrected chi connectivity index (χ1v) is 6.84. The first-order chi connectivity index (χ1) is 9.93. The maximum absolute atomic E-state index is 4.52. The SMILES string of the molecule is c1ccc2c3c(ccc-3c1)c1ccnc3cccc2c31. The Morgan fingerprint density at radius 2 is 1.40 bits per heavy atom. The molecular formula is C19H11N. The van der Waals surface area contributed by atoms with E-state index in [4.69, 9.17) is 0 Å². The predicted octanol–water partition coefficient (Wildman–Crippen LogP) is 5.08. The molecule has 2 aliphatic carbocycles. The highest BCUT2D eigenvalue weighted by atomic mass is 14.6. The van der Waals surface area contributed by atoms with E-state index < -0.39 is 0 Å². The Balaban J connectivity index is 2.26. The molecule has 92 valence electrons. The van der Waals surface area contributed by atoms with Crippen molar-refractivity contribution in [3.8, 4) is 11.1 Å². The van der Waals surface area contributed by atoms with E-state index in [0.29, 0.717) is 0 Å². The molecule has 0 saturated carbocycles. The largest absolute Gasteiger partial charge is 0.256 e. The highest BCUT2D eigenvalue weighted by molar-refractivity contribution is 6.27. The van der Waals surface area contributed by atoms with Gasteiger partial charge in [0.1, 0.15) is 0 Å². The van der Waals surface area contributed by atoms with Crippen molar-refractivity contribution in [2.24, 2.45) is 0 Å². The van der Waals surface area contributed by atoms with Gasteiger partial charge in [-0.05, 0) is 44.8 Å². The maximum atomic E-state index is 4.52. The average Bonchev–Trinajstić information content (AvgIpc) is 2.79. The molecule has 1 aromatic heterocycles. The topological polar surface area (TPSA) is 12.9 Å². The van der Waals surface area contributed by atoms with E-state index in [0.717, 1.165) is 5.52 Å². The lowest BCUT2D eigenvalue weighted by Gasteiger charge is -2.11. The van der Waals surface area contributed by atoms with Gasteiger partial charge in [0.25, 0.3) is 0 Å². The van der Waals surface area contributed by atoms with Crippen molar-refractivity contribution in [3.05, 3.63) is 66.9 Å². The second-order valence-corrected chi connectivity index (χ2v) is 5.27. The van der Waals surface area contributed by atoms with Crippen LogP contribution in [0.3, 0.4) is 0 Å². The molecule has 20 heavy (non-hydrogen) atoms. The van der Waals surface area contributed by atoms with Crippen LogP contribution in [0.4, 0.5) is 0 Å². The summed E-state index contributed by atoms with van der Waals surface area (Å²) in [5.41, 5.74) is 3.74. The fourth-order valence-corrected chi connectivity index (χ4v) is 3.43. The van der Waals surface area contributed by atoms with Gasteiger partial charge in [0.05, 0.1) is 5.52 Å². The van der Waals surface area contributed by atoms with Crippen molar-refractivity contribution in [1.29, 1.82) is 0 Å². The van der Waals surface area contributed by atoms with Gasteiger partial charge in [-0.3, -0.25) is 4.98 Å². The summed E-state index contributed by atoms with van der Waals surface area (Å²) in [5, 5.41) is 6.53. The normalized spacial score (nSPS) is 12.0. The lowest BCUT2D eigenvalue weighted by Crippen LogP contribution is -1.85. The van der Waals surface area contributed by atoms with Gasteiger partial charge < -0.3 is 0 Å². The highest BCUT2D eigenvalue weighted by Gasteiger charge is 2.16. The second kappa shape index (κ2) is 3.45. The van der Waals surface area contributed by atoms with Crippen LogP contribution in [0, 0.1) is 0 Å². The van der Waals surface area contributed by atoms with Crippen molar-refractivity contribution in [1.82, 2.24) is 4.98 Å². The Bertz CT molecular complexity index is 1040. The quantitative estimate of drug-likeness (QED) is 0.375. The Hall–Kier alpha value is -2.67. The number of pyridine rings is 1. The number of hydrogen-bond donors (Lipinski definition) is 0. The Labute approximate surface area is 116 Å². The number of nitrogens with zero attached hydrogens (tertiary/aromatic N) is 1. The average molecular weight is 253 g/mol. The van der Waals surface area contributed by atoms with E-state index in [1.807, 2.05) is 6.20 Å². The van der Waals surface area contributed by atoms with Crippen LogP contribution in [0.15, 0.2) is 66.9 Å². The van der Waals surface area contributed by atoms with Gasteiger partial charge >= 0.3 is 0 Å².